The molecule has 182 valence electrons. The number of benzene rings is 1. The lowest BCUT2D eigenvalue weighted by Crippen LogP contribution is -2.69. The largest absolute Gasteiger partial charge is 0.421 e. The summed E-state index contributed by atoms with van der Waals surface area (Å²) in [4.78, 5) is 23.1. The molecule has 35 heavy (non-hydrogen) atoms. The van der Waals surface area contributed by atoms with Gasteiger partial charge in [-0.1, -0.05) is 0 Å². The number of hydrogen-bond donors (Lipinski definition) is 4. The summed E-state index contributed by atoms with van der Waals surface area (Å²) < 4.78 is 20.4. The van der Waals surface area contributed by atoms with Crippen molar-refractivity contribution in [3.63, 3.8) is 0 Å². The van der Waals surface area contributed by atoms with Crippen LogP contribution >= 0.6 is 0 Å². The summed E-state index contributed by atoms with van der Waals surface area (Å²) in [5.41, 5.74) is 7.15. The first kappa shape index (κ1) is 21.9. The molecule has 4 aromatic rings. The van der Waals surface area contributed by atoms with Crippen molar-refractivity contribution in [1.82, 2.24) is 24.9 Å². The summed E-state index contributed by atoms with van der Waals surface area (Å²) in [7, 11) is 1.75. The minimum absolute atomic E-state index is 0.115. The first-order valence-electron chi connectivity index (χ1n) is 11.6. The van der Waals surface area contributed by atoms with E-state index in [9.17, 15) is 9.50 Å². The Morgan fingerprint density at radius 3 is 2.60 bits per heavy atom. The monoisotopic (exact) mass is 478 g/mol. The number of ether oxygens (including phenoxy) is 1. The Bertz CT molecular complexity index is 1440. The normalized spacial score (nSPS) is 19.1. The van der Waals surface area contributed by atoms with Crippen LogP contribution in [0, 0.1) is 11.2 Å². The van der Waals surface area contributed by atoms with Crippen LogP contribution in [0.25, 0.3) is 21.9 Å². The highest BCUT2D eigenvalue weighted by atomic mass is 19.1. The van der Waals surface area contributed by atoms with E-state index in [1.54, 1.807) is 20.9 Å². The molecule has 1 atom stereocenters. The highest BCUT2D eigenvalue weighted by Crippen LogP contribution is 2.50. The fourth-order valence-electron chi connectivity index (χ4n) is 5.06. The van der Waals surface area contributed by atoms with Crippen molar-refractivity contribution in [3.8, 4) is 11.8 Å². The fraction of sp³-hybridized carbons (Fsp3) is 0.417. The topological polar surface area (TPSA) is 138 Å². The van der Waals surface area contributed by atoms with Crippen molar-refractivity contribution in [1.29, 1.82) is 0 Å². The van der Waals surface area contributed by atoms with Gasteiger partial charge in [-0.05, 0) is 38.8 Å². The Balaban J connectivity index is 1.44. The number of rotatable bonds is 5. The highest BCUT2D eigenvalue weighted by Gasteiger charge is 2.54. The molecule has 1 saturated heterocycles. The number of H-pyrrole nitrogens is 1. The molecule has 2 aliphatic rings. The number of anilines is 2. The van der Waals surface area contributed by atoms with E-state index >= 15 is 0 Å². The first-order chi connectivity index (χ1) is 16.7. The van der Waals surface area contributed by atoms with Gasteiger partial charge in [-0.3, -0.25) is 0 Å². The predicted octanol–water partition coefficient (Wildman–Crippen LogP) is 3.03. The molecule has 0 radical (unpaired) electrons. The van der Waals surface area contributed by atoms with Gasteiger partial charge in [0, 0.05) is 37.0 Å². The number of nitrogens with two attached hydrogens (primary N) is 1. The summed E-state index contributed by atoms with van der Waals surface area (Å²) in [5, 5.41) is 14.6. The second-order valence-corrected chi connectivity index (χ2v) is 10.1. The van der Waals surface area contributed by atoms with E-state index in [0.717, 1.165) is 36.8 Å². The fourth-order valence-corrected chi connectivity index (χ4v) is 5.06. The number of halogens is 1. The average molecular weight is 479 g/mol. The maximum absolute atomic E-state index is 14.5. The van der Waals surface area contributed by atoms with Crippen LogP contribution in [-0.4, -0.2) is 56.2 Å². The van der Waals surface area contributed by atoms with Crippen molar-refractivity contribution in [2.24, 2.45) is 11.1 Å². The van der Waals surface area contributed by atoms with Gasteiger partial charge in [-0.2, -0.15) is 9.97 Å². The van der Waals surface area contributed by atoms with Gasteiger partial charge in [-0.25, -0.2) is 14.4 Å². The van der Waals surface area contributed by atoms with Crippen LogP contribution in [0.15, 0.2) is 24.5 Å². The number of nitrogens with zero attached hydrogens (tertiary/aromatic N) is 5. The number of hydrogen-bond acceptors (Lipinski definition) is 9. The molecule has 1 saturated carbocycles. The van der Waals surface area contributed by atoms with E-state index in [-0.39, 0.29) is 29.1 Å². The molecule has 0 unspecified atom stereocenters. The molecule has 10 nitrogen and oxygen atoms in total. The molecule has 0 amide bonds. The molecule has 1 aliphatic carbocycles. The maximum atomic E-state index is 14.5. The van der Waals surface area contributed by atoms with Gasteiger partial charge in [0.1, 0.15) is 22.9 Å². The molecule has 3 aromatic heterocycles. The minimum Gasteiger partial charge on any atom is -0.421 e. The number of aromatic nitrogens is 5. The second kappa shape index (κ2) is 7.46. The SMILES string of the molecule is CNc1cc(F)cc2c1[nH]c1nc(Oc3cnc(C(C)(C)O)nc3)nc(N3CC4(CC[C@H]4N)C3)c12. The van der Waals surface area contributed by atoms with Gasteiger partial charge in [-0.15, -0.1) is 0 Å². The Labute approximate surface area is 200 Å². The third-order valence-electron chi connectivity index (χ3n) is 7.19. The van der Waals surface area contributed by atoms with Crippen LogP contribution in [0.4, 0.5) is 15.9 Å². The zero-order valence-electron chi connectivity index (χ0n) is 19.8. The standard InChI is InChI=1S/C24H27FN8O2/c1-23(2,34)21-28-8-13(9-29-21)35-22-31-19-17(14-6-12(25)7-15(27-3)18(14)30-19)20(32-22)33-10-24(11-33)5-4-16(24)26/h6-9,16,27,34H,4-5,10-11,26H2,1-3H3,(H,30,31,32)/t16-/m1/s1. The second-order valence-electron chi connectivity index (χ2n) is 10.1. The molecule has 6 rings (SSSR count). The molecule has 11 heteroatoms. The third kappa shape index (κ3) is 3.45. The molecule has 2 fully saturated rings. The van der Waals surface area contributed by atoms with Crippen LogP contribution in [-0.2, 0) is 5.60 Å². The summed E-state index contributed by atoms with van der Waals surface area (Å²) in [6, 6.07) is 3.24. The highest BCUT2D eigenvalue weighted by molar-refractivity contribution is 6.14. The van der Waals surface area contributed by atoms with Gasteiger partial charge >= 0.3 is 6.01 Å². The van der Waals surface area contributed by atoms with Crippen molar-refractivity contribution < 1.29 is 14.2 Å². The van der Waals surface area contributed by atoms with E-state index in [0.29, 0.717) is 28.3 Å². The van der Waals surface area contributed by atoms with Crippen LogP contribution in [0.3, 0.4) is 0 Å². The molecule has 1 aliphatic heterocycles. The lowest BCUT2D eigenvalue weighted by Gasteiger charge is -2.60. The van der Waals surface area contributed by atoms with E-state index in [4.69, 9.17) is 15.5 Å². The maximum Gasteiger partial charge on any atom is 0.326 e. The number of fused-ring (bicyclic) bond motifs is 3. The van der Waals surface area contributed by atoms with E-state index in [2.05, 4.69) is 30.2 Å². The van der Waals surface area contributed by atoms with Crippen LogP contribution < -0.4 is 20.7 Å². The quantitative estimate of drug-likeness (QED) is 0.341. The Kier molecular flexibility index (Phi) is 4.68. The van der Waals surface area contributed by atoms with Crippen LogP contribution in [0.5, 0.6) is 11.8 Å². The average Bonchev–Trinajstić information content (AvgIpc) is 3.14. The van der Waals surface area contributed by atoms with Gasteiger partial charge in [0.25, 0.3) is 0 Å². The zero-order valence-corrected chi connectivity index (χ0v) is 19.8. The van der Waals surface area contributed by atoms with E-state index in [1.807, 2.05) is 0 Å². The summed E-state index contributed by atoms with van der Waals surface area (Å²) in [5.74, 6) is 0.936. The Hall–Kier alpha value is -3.57. The van der Waals surface area contributed by atoms with E-state index in [1.165, 1.54) is 24.5 Å². The van der Waals surface area contributed by atoms with E-state index < -0.39 is 5.60 Å². The summed E-state index contributed by atoms with van der Waals surface area (Å²) >= 11 is 0. The summed E-state index contributed by atoms with van der Waals surface area (Å²) in [6.07, 6.45) is 5.07. The van der Waals surface area contributed by atoms with Gasteiger partial charge in [0.05, 0.1) is 29.0 Å². The van der Waals surface area contributed by atoms with Gasteiger partial charge in [0.15, 0.2) is 11.6 Å². The zero-order chi connectivity index (χ0) is 24.5. The lowest BCUT2D eigenvalue weighted by atomic mass is 9.60. The Morgan fingerprint density at radius 1 is 1.26 bits per heavy atom. The summed E-state index contributed by atoms with van der Waals surface area (Å²) in [6.45, 7) is 4.78. The smallest absolute Gasteiger partial charge is 0.326 e. The number of nitrogens with one attached hydrogen (secondary N) is 2. The molecular weight excluding hydrogens is 451 g/mol. The van der Waals surface area contributed by atoms with Gasteiger partial charge < -0.3 is 30.8 Å². The third-order valence-corrected chi connectivity index (χ3v) is 7.19. The Morgan fingerprint density at radius 2 is 2.00 bits per heavy atom. The molecule has 4 heterocycles. The molecule has 1 aromatic carbocycles. The van der Waals surface area contributed by atoms with Crippen molar-refractivity contribution in [2.45, 2.75) is 38.3 Å². The molecular formula is C24H27FN8O2. The first-order valence-corrected chi connectivity index (χ1v) is 11.6. The minimum atomic E-state index is -1.17. The lowest BCUT2D eigenvalue weighted by molar-refractivity contribution is 0.0559. The molecule has 5 N–H and O–H groups in total. The van der Waals surface area contributed by atoms with Crippen molar-refractivity contribution in [3.05, 3.63) is 36.2 Å². The van der Waals surface area contributed by atoms with Crippen molar-refractivity contribution >= 4 is 33.4 Å². The van der Waals surface area contributed by atoms with Crippen molar-refractivity contribution in [2.75, 3.05) is 30.4 Å². The van der Waals surface area contributed by atoms with Crippen LogP contribution in [0.1, 0.15) is 32.5 Å². The van der Waals surface area contributed by atoms with Crippen LogP contribution in [0.2, 0.25) is 0 Å². The number of aliphatic hydroxyl groups is 1. The predicted molar refractivity (Wildman–Crippen MR) is 130 cm³/mol. The molecule has 1 spiro atoms. The number of aromatic amines is 1. The molecule has 0 bridgehead atoms. The van der Waals surface area contributed by atoms with Gasteiger partial charge in [0.2, 0.25) is 0 Å².